The number of thiophene rings is 1. The van der Waals surface area contributed by atoms with E-state index in [4.69, 9.17) is 0 Å². The highest BCUT2D eigenvalue weighted by Crippen LogP contribution is 2.27. The van der Waals surface area contributed by atoms with Crippen molar-refractivity contribution >= 4 is 39.4 Å². The maximum Gasteiger partial charge on any atom is 0.315 e. The van der Waals surface area contributed by atoms with Gasteiger partial charge in [0.2, 0.25) is 5.95 Å². The Balaban J connectivity index is 1.43. The van der Waals surface area contributed by atoms with Crippen LogP contribution in [0.25, 0.3) is 10.2 Å². The highest BCUT2D eigenvalue weighted by Gasteiger charge is 2.34. The van der Waals surface area contributed by atoms with E-state index < -0.39 is 5.82 Å². The second-order valence-corrected chi connectivity index (χ2v) is 9.29. The first-order valence-electron chi connectivity index (χ1n) is 11.4. The van der Waals surface area contributed by atoms with Crippen LogP contribution in [0.3, 0.4) is 0 Å². The molecule has 180 valence electrons. The molecule has 3 amide bonds. The highest BCUT2D eigenvalue weighted by molar-refractivity contribution is 7.17. The normalized spacial score (nSPS) is 14.7. The lowest BCUT2D eigenvalue weighted by atomic mass is 10.1. The third-order valence-electron chi connectivity index (χ3n) is 5.90. The van der Waals surface area contributed by atoms with Crippen LogP contribution >= 0.6 is 11.3 Å². The average Bonchev–Trinajstić information content (AvgIpc) is 3.27. The number of rotatable bonds is 8. The first-order valence-corrected chi connectivity index (χ1v) is 12.2. The van der Waals surface area contributed by atoms with Crippen molar-refractivity contribution in [1.82, 2.24) is 30.5 Å². The molecule has 34 heavy (non-hydrogen) atoms. The second kappa shape index (κ2) is 10.3. The number of hydrogen-bond acceptors (Lipinski definition) is 7. The molecule has 1 atom stereocenters. The van der Waals surface area contributed by atoms with Crippen molar-refractivity contribution in [2.24, 2.45) is 0 Å². The summed E-state index contributed by atoms with van der Waals surface area (Å²) in [6.07, 6.45) is 4.46. The van der Waals surface area contributed by atoms with Crippen LogP contribution in [-0.4, -0.2) is 57.0 Å². The largest absolute Gasteiger partial charge is 0.348 e. The van der Waals surface area contributed by atoms with Gasteiger partial charge in [-0.2, -0.15) is 0 Å². The van der Waals surface area contributed by atoms with Gasteiger partial charge in [0.05, 0.1) is 28.5 Å². The molecular weight excluding hydrogens is 457 g/mol. The molecule has 1 fully saturated rings. The predicted molar refractivity (Wildman–Crippen MR) is 129 cm³/mol. The smallest absolute Gasteiger partial charge is 0.315 e. The molecule has 3 N–H and O–H groups in total. The van der Waals surface area contributed by atoms with Crippen LogP contribution in [0.4, 0.5) is 15.1 Å². The number of fused-ring (bicyclic) bond motifs is 1. The van der Waals surface area contributed by atoms with Crippen LogP contribution in [0.1, 0.15) is 55.7 Å². The molecule has 1 aliphatic rings. The maximum atomic E-state index is 13.5. The van der Waals surface area contributed by atoms with Crippen molar-refractivity contribution in [1.29, 1.82) is 0 Å². The molecule has 0 spiro atoms. The molecule has 11 heteroatoms. The fourth-order valence-electron chi connectivity index (χ4n) is 3.81. The number of anilines is 1. The van der Waals surface area contributed by atoms with Gasteiger partial charge in [0.1, 0.15) is 5.82 Å². The summed E-state index contributed by atoms with van der Waals surface area (Å²) in [6.45, 7) is 6.74. The number of urea groups is 1. The molecule has 9 nitrogen and oxygen atoms in total. The van der Waals surface area contributed by atoms with Crippen molar-refractivity contribution in [2.75, 3.05) is 18.4 Å². The number of nitrogens with one attached hydrogen (secondary N) is 3. The van der Waals surface area contributed by atoms with E-state index in [9.17, 15) is 14.0 Å². The summed E-state index contributed by atoms with van der Waals surface area (Å²) in [4.78, 5) is 39.9. The lowest BCUT2D eigenvalue weighted by molar-refractivity contribution is 0.0573. The molecule has 0 radical (unpaired) electrons. The van der Waals surface area contributed by atoms with Gasteiger partial charge in [-0.1, -0.05) is 13.8 Å². The van der Waals surface area contributed by atoms with Crippen molar-refractivity contribution in [3.8, 4) is 0 Å². The summed E-state index contributed by atoms with van der Waals surface area (Å²) in [6, 6.07) is 2.75. The van der Waals surface area contributed by atoms with E-state index in [1.165, 1.54) is 17.4 Å². The third-order valence-corrected chi connectivity index (χ3v) is 6.81. The monoisotopic (exact) mass is 485 g/mol. The zero-order valence-electron chi connectivity index (χ0n) is 19.3. The number of hydrogen-bond donors (Lipinski definition) is 3. The minimum atomic E-state index is -0.425. The highest BCUT2D eigenvalue weighted by atomic mass is 32.1. The van der Waals surface area contributed by atoms with E-state index in [1.54, 1.807) is 11.1 Å². The molecule has 1 aliphatic heterocycles. The zero-order chi connectivity index (χ0) is 24.2. The van der Waals surface area contributed by atoms with Crippen LogP contribution < -0.4 is 16.0 Å². The van der Waals surface area contributed by atoms with E-state index in [-0.39, 0.29) is 36.0 Å². The molecule has 3 aromatic rings. The van der Waals surface area contributed by atoms with Gasteiger partial charge in [-0.15, -0.1) is 11.3 Å². The Hall–Kier alpha value is -3.34. The first-order chi connectivity index (χ1) is 16.4. The summed E-state index contributed by atoms with van der Waals surface area (Å²) in [5.41, 5.74) is 1.62. The van der Waals surface area contributed by atoms with Crippen LogP contribution in [0.5, 0.6) is 0 Å². The standard InChI is InChI=1S/C23H28FN7O2S/c1-4-16(5-2)27-23(33)28-17-11-31(12-17)21(32)19-20-18(6-7-34-20)29-22(30-19)26-13(3)14-8-15(24)10-25-9-14/h6-10,13,16-17H,4-5,11-12H2,1-3H3,(H,26,29,30)(H2,27,28,33). The molecule has 1 saturated heterocycles. The van der Waals surface area contributed by atoms with Gasteiger partial charge in [0.25, 0.3) is 5.91 Å². The van der Waals surface area contributed by atoms with Gasteiger partial charge in [-0.3, -0.25) is 9.78 Å². The van der Waals surface area contributed by atoms with Crippen molar-refractivity contribution < 1.29 is 14.0 Å². The fourth-order valence-corrected chi connectivity index (χ4v) is 4.62. The van der Waals surface area contributed by atoms with E-state index in [1.807, 2.05) is 32.2 Å². The van der Waals surface area contributed by atoms with Gasteiger partial charge in [-0.25, -0.2) is 19.2 Å². The number of pyridine rings is 1. The maximum absolute atomic E-state index is 13.5. The lowest BCUT2D eigenvalue weighted by Crippen LogP contribution is -2.62. The molecule has 3 aromatic heterocycles. The Labute approximate surface area is 201 Å². The molecule has 0 saturated carbocycles. The third kappa shape index (κ3) is 5.24. The van der Waals surface area contributed by atoms with Crippen LogP contribution in [0, 0.1) is 5.82 Å². The van der Waals surface area contributed by atoms with Crippen LogP contribution in [0.2, 0.25) is 0 Å². The number of carbonyl (C=O) groups is 2. The van der Waals surface area contributed by atoms with E-state index in [0.29, 0.717) is 34.6 Å². The Morgan fingerprint density at radius 2 is 2.00 bits per heavy atom. The quantitative estimate of drug-likeness (QED) is 0.448. The first kappa shape index (κ1) is 23.8. The van der Waals surface area contributed by atoms with E-state index in [2.05, 4.69) is 30.9 Å². The molecule has 0 bridgehead atoms. The molecule has 1 unspecified atom stereocenters. The predicted octanol–water partition coefficient (Wildman–Crippen LogP) is 3.71. The number of nitrogens with zero attached hydrogens (tertiary/aromatic N) is 4. The van der Waals surface area contributed by atoms with E-state index >= 15 is 0 Å². The summed E-state index contributed by atoms with van der Waals surface area (Å²) < 4.78 is 14.3. The van der Waals surface area contributed by atoms with Crippen LogP contribution in [0.15, 0.2) is 29.9 Å². The van der Waals surface area contributed by atoms with Gasteiger partial charge in [0, 0.05) is 25.3 Å². The second-order valence-electron chi connectivity index (χ2n) is 8.37. The van der Waals surface area contributed by atoms with Gasteiger partial charge < -0.3 is 20.9 Å². The van der Waals surface area contributed by atoms with Gasteiger partial charge in [0.15, 0.2) is 5.69 Å². The zero-order valence-corrected chi connectivity index (χ0v) is 20.2. The Kier molecular flexibility index (Phi) is 7.20. The Morgan fingerprint density at radius 1 is 1.24 bits per heavy atom. The van der Waals surface area contributed by atoms with Crippen molar-refractivity contribution in [3.63, 3.8) is 0 Å². The van der Waals surface area contributed by atoms with Gasteiger partial charge >= 0.3 is 6.03 Å². The summed E-state index contributed by atoms with van der Waals surface area (Å²) in [5.74, 6) is -0.354. The van der Waals surface area contributed by atoms with Crippen molar-refractivity contribution in [3.05, 3.63) is 47.0 Å². The summed E-state index contributed by atoms with van der Waals surface area (Å²) in [7, 11) is 0. The minimum Gasteiger partial charge on any atom is -0.348 e. The summed E-state index contributed by atoms with van der Waals surface area (Å²) in [5, 5.41) is 10.9. The summed E-state index contributed by atoms with van der Waals surface area (Å²) >= 11 is 1.40. The number of aromatic nitrogens is 3. The molecular formula is C23H28FN7O2S. The number of halogens is 1. The fraction of sp³-hybridized carbons (Fsp3) is 0.435. The lowest BCUT2D eigenvalue weighted by Gasteiger charge is -2.39. The molecule has 4 rings (SSSR count). The van der Waals surface area contributed by atoms with Crippen molar-refractivity contribution in [2.45, 2.75) is 51.7 Å². The molecule has 4 heterocycles. The SMILES string of the molecule is CCC(CC)NC(=O)NC1CN(C(=O)c2nc(NC(C)c3cncc(F)c3)nc3ccsc23)C1. The molecule has 0 aromatic carbocycles. The van der Waals surface area contributed by atoms with E-state index in [0.717, 1.165) is 19.0 Å². The number of amides is 3. The number of likely N-dealkylation sites (tertiary alicyclic amines) is 1. The topological polar surface area (TPSA) is 112 Å². The van der Waals surface area contributed by atoms with Gasteiger partial charge in [-0.05, 0) is 42.8 Å². The number of carbonyl (C=O) groups excluding carboxylic acids is 2. The molecule has 0 aliphatic carbocycles. The Morgan fingerprint density at radius 3 is 2.71 bits per heavy atom. The average molecular weight is 486 g/mol. The minimum absolute atomic E-state index is 0.0999. The Bertz CT molecular complexity index is 1180. The van der Waals surface area contributed by atoms with Crippen LogP contribution in [-0.2, 0) is 0 Å².